The Bertz CT molecular complexity index is 783. The van der Waals surface area contributed by atoms with E-state index in [-0.39, 0.29) is 0 Å². The van der Waals surface area contributed by atoms with Crippen LogP contribution in [0.25, 0.3) is 5.69 Å². The third-order valence-corrected chi connectivity index (χ3v) is 3.47. The van der Waals surface area contributed by atoms with Gasteiger partial charge in [-0.25, -0.2) is 0 Å². The Hall–Kier alpha value is -2.82. The van der Waals surface area contributed by atoms with Gasteiger partial charge in [-0.05, 0) is 32.5 Å². The van der Waals surface area contributed by atoms with Crippen LogP contribution in [0.5, 0.6) is 0 Å². The van der Waals surface area contributed by atoms with E-state index in [1.165, 1.54) is 9.36 Å². The lowest BCUT2D eigenvalue weighted by molar-refractivity contribution is -0.394. The van der Waals surface area contributed by atoms with Gasteiger partial charge in [0.05, 0.1) is 5.69 Å². The van der Waals surface area contributed by atoms with Gasteiger partial charge in [0.25, 0.3) is 5.16 Å². The van der Waals surface area contributed by atoms with Crippen molar-refractivity contribution in [2.45, 2.75) is 10.3 Å². The van der Waals surface area contributed by atoms with E-state index in [1.54, 1.807) is 7.05 Å². The predicted molar refractivity (Wildman–Crippen MR) is 70.9 cm³/mol. The second kappa shape index (κ2) is 5.28. The smallest absolute Gasteiger partial charge is 0.390 e. The molecule has 2 aromatic heterocycles. The number of tetrazole rings is 1. The molecule has 0 unspecified atom stereocenters. The zero-order valence-corrected chi connectivity index (χ0v) is 11.5. The van der Waals surface area contributed by atoms with E-state index in [2.05, 4.69) is 25.6 Å². The highest BCUT2D eigenvalue weighted by molar-refractivity contribution is 7.99. The van der Waals surface area contributed by atoms with Gasteiger partial charge in [0, 0.05) is 23.9 Å². The molecule has 0 bridgehead atoms. The molecule has 0 atom stereocenters. The van der Waals surface area contributed by atoms with E-state index in [9.17, 15) is 10.1 Å². The molecule has 3 rings (SSSR count). The molecule has 11 heteroatoms. The van der Waals surface area contributed by atoms with Crippen molar-refractivity contribution in [1.29, 1.82) is 0 Å². The number of rotatable bonds is 4. The molecule has 2 heterocycles. The molecule has 21 heavy (non-hydrogen) atoms. The lowest BCUT2D eigenvalue weighted by Crippen LogP contribution is -2.00. The van der Waals surface area contributed by atoms with Gasteiger partial charge in [-0.1, -0.05) is 18.2 Å². The maximum absolute atomic E-state index is 10.7. The van der Waals surface area contributed by atoms with Crippen molar-refractivity contribution < 1.29 is 4.92 Å². The molecule has 3 aromatic rings. The number of aromatic nitrogens is 7. The average molecular weight is 304 g/mol. The van der Waals surface area contributed by atoms with Crippen LogP contribution in [0.2, 0.25) is 0 Å². The maximum atomic E-state index is 10.7. The molecule has 0 aliphatic heterocycles. The van der Waals surface area contributed by atoms with Gasteiger partial charge in [0.2, 0.25) is 5.16 Å². The average Bonchev–Trinajstić information content (AvgIpc) is 3.08. The molecular formula is C10H8N8O2S. The number of nitro groups is 1. The molecule has 0 aliphatic rings. The van der Waals surface area contributed by atoms with Crippen molar-refractivity contribution in [3.63, 3.8) is 0 Å². The topological polar surface area (TPSA) is 117 Å². The Labute approximate surface area is 121 Å². The van der Waals surface area contributed by atoms with Crippen LogP contribution in [0, 0.1) is 10.1 Å². The summed E-state index contributed by atoms with van der Waals surface area (Å²) >= 11 is 1.09. The molecule has 10 nitrogen and oxygen atoms in total. The highest BCUT2D eigenvalue weighted by Crippen LogP contribution is 2.26. The standard InChI is InChI=1S/C10H8N8O2S/c1-16-9(11-8(13-16)18(19)20)21-10-12-14-15-17(10)7-5-3-2-4-6-7/h2-6H,1H3. The van der Waals surface area contributed by atoms with E-state index < -0.39 is 10.9 Å². The molecule has 1 aromatic carbocycles. The third-order valence-electron chi connectivity index (χ3n) is 2.50. The van der Waals surface area contributed by atoms with Gasteiger partial charge in [0.1, 0.15) is 0 Å². The van der Waals surface area contributed by atoms with Gasteiger partial charge >= 0.3 is 5.95 Å². The van der Waals surface area contributed by atoms with Gasteiger partial charge in [-0.3, -0.25) is 0 Å². The van der Waals surface area contributed by atoms with Crippen molar-refractivity contribution in [3.8, 4) is 5.69 Å². The Morgan fingerprint density at radius 2 is 2.00 bits per heavy atom. The van der Waals surface area contributed by atoms with Crippen LogP contribution in [-0.4, -0.2) is 39.9 Å². The zero-order chi connectivity index (χ0) is 14.8. The summed E-state index contributed by atoms with van der Waals surface area (Å²) in [6, 6.07) is 9.29. The number of aryl methyl sites for hydroxylation is 1. The first-order chi connectivity index (χ1) is 10.1. The molecule has 0 N–H and O–H groups in total. The molecule has 0 saturated carbocycles. The Morgan fingerprint density at radius 3 is 2.67 bits per heavy atom. The minimum absolute atomic E-state index is 0.327. The molecule has 0 amide bonds. The lowest BCUT2D eigenvalue weighted by atomic mass is 10.3. The molecule has 0 fully saturated rings. The summed E-state index contributed by atoms with van der Waals surface area (Å²) in [7, 11) is 1.57. The maximum Gasteiger partial charge on any atom is 0.492 e. The van der Waals surface area contributed by atoms with Crippen molar-refractivity contribution in [3.05, 3.63) is 40.4 Å². The zero-order valence-electron chi connectivity index (χ0n) is 10.7. The Kier molecular flexibility index (Phi) is 3.31. The molecule has 0 aliphatic carbocycles. The first-order valence-corrected chi connectivity index (χ1v) is 6.54. The van der Waals surface area contributed by atoms with Gasteiger partial charge in [-0.15, -0.1) is 5.10 Å². The summed E-state index contributed by atoms with van der Waals surface area (Å²) in [5, 5.41) is 26.5. The minimum atomic E-state index is -0.649. The second-order valence-corrected chi connectivity index (χ2v) is 4.82. The fraction of sp³-hybridized carbons (Fsp3) is 0.100. The molecule has 106 valence electrons. The van der Waals surface area contributed by atoms with E-state index in [4.69, 9.17) is 0 Å². The fourth-order valence-electron chi connectivity index (χ4n) is 1.58. The summed E-state index contributed by atoms with van der Waals surface area (Å²) < 4.78 is 2.83. The van der Waals surface area contributed by atoms with E-state index in [1.807, 2.05) is 30.3 Å². The highest BCUT2D eigenvalue weighted by atomic mass is 32.2. The molecule has 0 spiro atoms. The van der Waals surface area contributed by atoms with Crippen molar-refractivity contribution in [2.75, 3.05) is 0 Å². The number of hydrogen-bond donors (Lipinski definition) is 0. The predicted octanol–water partition coefficient (Wildman–Crippen LogP) is 0.850. The number of benzene rings is 1. The Morgan fingerprint density at radius 1 is 1.24 bits per heavy atom. The second-order valence-electron chi connectivity index (χ2n) is 3.89. The SMILES string of the molecule is Cn1nc([N+](=O)[O-])nc1Sc1nnnn1-c1ccccc1. The first-order valence-electron chi connectivity index (χ1n) is 5.72. The summed E-state index contributed by atoms with van der Waals surface area (Å²) in [6.45, 7) is 0. The third kappa shape index (κ3) is 2.58. The van der Waals surface area contributed by atoms with E-state index in [0.717, 1.165) is 17.4 Å². The van der Waals surface area contributed by atoms with Crippen LogP contribution in [-0.2, 0) is 7.05 Å². The van der Waals surface area contributed by atoms with E-state index in [0.29, 0.717) is 10.3 Å². The number of hydrogen-bond acceptors (Lipinski definition) is 8. The summed E-state index contributed by atoms with van der Waals surface area (Å²) in [4.78, 5) is 13.8. The summed E-state index contributed by atoms with van der Waals surface area (Å²) in [6.07, 6.45) is 0. The van der Waals surface area contributed by atoms with Crippen molar-refractivity contribution >= 4 is 17.7 Å². The number of para-hydroxylation sites is 1. The highest BCUT2D eigenvalue weighted by Gasteiger charge is 2.22. The number of nitrogens with zero attached hydrogens (tertiary/aromatic N) is 8. The van der Waals surface area contributed by atoms with Crippen LogP contribution in [0.15, 0.2) is 40.6 Å². The normalized spacial score (nSPS) is 10.7. The summed E-state index contributed by atoms with van der Waals surface area (Å²) in [5.41, 5.74) is 0.779. The van der Waals surface area contributed by atoms with Crippen LogP contribution in [0.4, 0.5) is 5.95 Å². The quantitative estimate of drug-likeness (QED) is 0.514. The van der Waals surface area contributed by atoms with Crippen LogP contribution in [0.3, 0.4) is 0 Å². The van der Waals surface area contributed by atoms with Crippen LogP contribution >= 0.6 is 11.8 Å². The molecule has 0 saturated heterocycles. The summed E-state index contributed by atoms with van der Waals surface area (Å²) in [5.74, 6) is -0.460. The Balaban J connectivity index is 1.93. The molecule has 0 radical (unpaired) electrons. The van der Waals surface area contributed by atoms with Crippen molar-refractivity contribution in [2.24, 2.45) is 7.05 Å². The minimum Gasteiger partial charge on any atom is -0.390 e. The van der Waals surface area contributed by atoms with Crippen LogP contribution in [0.1, 0.15) is 0 Å². The largest absolute Gasteiger partial charge is 0.492 e. The first kappa shape index (κ1) is 13.2. The monoisotopic (exact) mass is 304 g/mol. The van der Waals surface area contributed by atoms with E-state index >= 15 is 0 Å². The fourth-order valence-corrected chi connectivity index (χ4v) is 2.35. The van der Waals surface area contributed by atoms with Gasteiger partial charge in [0.15, 0.2) is 0 Å². The van der Waals surface area contributed by atoms with Gasteiger partial charge < -0.3 is 10.1 Å². The van der Waals surface area contributed by atoms with Crippen LogP contribution < -0.4 is 0 Å². The lowest BCUT2D eigenvalue weighted by Gasteiger charge is -2.01. The van der Waals surface area contributed by atoms with Crippen molar-refractivity contribution in [1.82, 2.24) is 35.0 Å². The molecular weight excluding hydrogens is 296 g/mol. The van der Waals surface area contributed by atoms with Gasteiger partial charge in [-0.2, -0.15) is 9.36 Å².